The van der Waals surface area contributed by atoms with E-state index in [1.807, 2.05) is 24.3 Å². The normalized spacial score (nSPS) is 14.0. The SMILES string of the molecule is COc1ccc(Nc2nnc(C3=CC(=O)C=CC3=O)s2)cc1. The van der Waals surface area contributed by atoms with Crippen LogP contribution >= 0.6 is 11.3 Å². The molecule has 0 spiro atoms. The molecule has 0 saturated carbocycles. The number of carbonyl (C=O) groups is 2. The van der Waals surface area contributed by atoms with E-state index in [2.05, 4.69) is 15.5 Å². The minimum absolute atomic E-state index is 0.227. The first-order valence-corrected chi connectivity index (χ1v) is 7.20. The molecule has 6 nitrogen and oxygen atoms in total. The molecule has 0 atom stereocenters. The van der Waals surface area contributed by atoms with Crippen molar-refractivity contribution in [3.05, 3.63) is 47.5 Å². The van der Waals surface area contributed by atoms with Gasteiger partial charge in [0.15, 0.2) is 16.6 Å². The molecule has 1 aromatic heterocycles. The Morgan fingerprint density at radius 2 is 1.86 bits per heavy atom. The van der Waals surface area contributed by atoms with Gasteiger partial charge in [-0.15, -0.1) is 10.2 Å². The lowest BCUT2D eigenvalue weighted by atomic mass is 10.0. The fourth-order valence-electron chi connectivity index (χ4n) is 1.86. The van der Waals surface area contributed by atoms with E-state index in [1.165, 1.54) is 29.6 Å². The molecule has 0 radical (unpaired) electrons. The first-order chi connectivity index (χ1) is 10.7. The van der Waals surface area contributed by atoms with Crippen LogP contribution in [0.15, 0.2) is 42.5 Å². The molecule has 0 bridgehead atoms. The second kappa shape index (κ2) is 5.90. The van der Waals surface area contributed by atoms with Crippen LogP contribution in [-0.4, -0.2) is 28.9 Å². The summed E-state index contributed by atoms with van der Waals surface area (Å²) in [7, 11) is 1.60. The van der Waals surface area contributed by atoms with Crippen molar-refractivity contribution < 1.29 is 14.3 Å². The number of hydrogen-bond acceptors (Lipinski definition) is 7. The van der Waals surface area contributed by atoms with Gasteiger partial charge in [-0.25, -0.2) is 0 Å². The number of rotatable bonds is 4. The number of nitrogens with zero attached hydrogens (tertiary/aromatic N) is 2. The highest BCUT2D eigenvalue weighted by Gasteiger charge is 2.19. The zero-order valence-electron chi connectivity index (χ0n) is 11.6. The minimum Gasteiger partial charge on any atom is -0.497 e. The van der Waals surface area contributed by atoms with Crippen molar-refractivity contribution in [1.82, 2.24) is 10.2 Å². The molecule has 3 rings (SSSR count). The van der Waals surface area contributed by atoms with E-state index in [0.717, 1.165) is 11.4 Å². The summed E-state index contributed by atoms with van der Waals surface area (Å²) in [5.41, 5.74) is 1.09. The number of hydrogen-bond donors (Lipinski definition) is 1. The highest BCUT2D eigenvalue weighted by molar-refractivity contribution is 7.16. The number of methoxy groups -OCH3 is 1. The molecule has 1 aliphatic rings. The van der Waals surface area contributed by atoms with Gasteiger partial charge in [-0.05, 0) is 42.5 Å². The van der Waals surface area contributed by atoms with Gasteiger partial charge in [-0.1, -0.05) is 11.3 Å². The van der Waals surface area contributed by atoms with E-state index in [9.17, 15) is 9.59 Å². The van der Waals surface area contributed by atoms with Crippen LogP contribution in [0.1, 0.15) is 5.01 Å². The van der Waals surface area contributed by atoms with Gasteiger partial charge in [0, 0.05) is 5.69 Å². The smallest absolute Gasteiger partial charge is 0.210 e. The van der Waals surface area contributed by atoms with Crippen LogP contribution in [-0.2, 0) is 9.59 Å². The lowest BCUT2D eigenvalue weighted by molar-refractivity contribution is -0.113. The number of ether oxygens (including phenoxy) is 1. The molecule has 1 N–H and O–H groups in total. The van der Waals surface area contributed by atoms with Gasteiger partial charge in [0.05, 0.1) is 12.7 Å². The predicted molar refractivity (Wildman–Crippen MR) is 83.3 cm³/mol. The molecule has 0 fully saturated rings. The first kappa shape index (κ1) is 14.2. The number of aromatic nitrogens is 2. The van der Waals surface area contributed by atoms with Crippen LogP contribution in [0.4, 0.5) is 10.8 Å². The Morgan fingerprint density at radius 1 is 1.09 bits per heavy atom. The molecule has 0 aliphatic heterocycles. The van der Waals surface area contributed by atoms with Gasteiger partial charge in [0.25, 0.3) is 0 Å². The summed E-state index contributed by atoms with van der Waals surface area (Å²) in [4.78, 5) is 23.1. The highest BCUT2D eigenvalue weighted by atomic mass is 32.1. The molecule has 1 aromatic carbocycles. The van der Waals surface area contributed by atoms with Crippen LogP contribution in [0, 0.1) is 0 Å². The van der Waals surface area contributed by atoms with E-state index < -0.39 is 0 Å². The Balaban J connectivity index is 1.79. The summed E-state index contributed by atoms with van der Waals surface area (Å²) in [5.74, 6) is 0.285. The number of nitrogens with one attached hydrogen (secondary N) is 1. The molecule has 22 heavy (non-hydrogen) atoms. The maximum atomic E-state index is 11.8. The fraction of sp³-hybridized carbons (Fsp3) is 0.0667. The van der Waals surface area contributed by atoms with E-state index in [4.69, 9.17) is 4.74 Å². The third kappa shape index (κ3) is 2.94. The molecular formula is C15H11N3O3S. The average Bonchev–Trinajstić information content (AvgIpc) is 2.99. The lowest BCUT2D eigenvalue weighted by Crippen LogP contribution is -2.06. The number of anilines is 2. The molecule has 1 heterocycles. The second-order valence-electron chi connectivity index (χ2n) is 4.42. The summed E-state index contributed by atoms with van der Waals surface area (Å²) in [6, 6.07) is 7.33. The van der Waals surface area contributed by atoms with Crippen LogP contribution in [0.5, 0.6) is 5.75 Å². The van der Waals surface area contributed by atoms with Crippen molar-refractivity contribution in [3.63, 3.8) is 0 Å². The van der Waals surface area contributed by atoms with E-state index in [1.54, 1.807) is 7.11 Å². The van der Waals surface area contributed by atoms with Gasteiger partial charge in [-0.2, -0.15) is 0 Å². The van der Waals surface area contributed by atoms with Crippen molar-refractivity contribution in [2.45, 2.75) is 0 Å². The van der Waals surface area contributed by atoms with E-state index >= 15 is 0 Å². The fourth-order valence-corrected chi connectivity index (χ4v) is 2.64. The van der Waals surface area contributed by atoms with Crippen LogP contribution in [0.2, 0.25) is 0 Å². The van der Waals surface area contributed by atoms with Gasteiger partial charge < -0.3 is 10.1 Å². The number of benzene rings is 1. The van der Waals surface area contributed by atoms with E-state index in [0.29, 0.717) is 10.1 Å². The van der Waals surface area contributed by atoms with E-state index in [-0.39, 0.29) is 17.1 Å². The van der Waals surface area contributed by atoms with Crippen LogP contribution in [0.3, 0.4) is 0 Å². The molecular weight excluding hydrogens is 302 g/mol. The first-order valence-electron chi connectivity index (χ1n) is 6.39. The maximum absolute atomic E-state index is 11.8. The Kier molecular flexibility index (Phi) is 3.80. The van der Waals surface area contributed by atoms with Crippen molar-refractivity contribution in [1.29, 1.82) is 0 Å². The zero-order chi connectivity index (χ0) is 15.5. The predicted octanol–water partition coefficient (Wildman–Crippen LogP) is 2.38. The summed E-state index contributed by atoms with van der Waals surface area (Å²) in [5, 5.41) is 12.0. The quantitative estimate of drug-likeness (QED) is 0.873. The number of carbonyl (C=O) groups excluding carboxylic acids is 2. The van der Waals surface area contributed by atoms with Gasteiger partial charge in [0.2, 0.25) is 5.13 Å². The van der Waals surface area contributed by atoms with Gasteiger partial charge in [0.1, 0.15) is 5.75 Å². The highest BCUT2D eigenvalue weighted by Crippen LogP contribution is 2.27. The number of allylic oxidation sites excluding steroid dienone is 4. The summed E-state index contributed by atoms with van der Waals surface area (Å²) < 4.78 is 5.09. The molecule has 0 amide bonds. The van der Waals surface area contributed by atoms with Crippen molar-refractivity contribution >= 4 is 39.3 Å². The van der Waals surface area contributed by atoms with Crippen molar-refractivity contribution in [3.8, 4) is 5.75 Å². The molecule has 0 saturated heterocycles. The van der Waals surface area contributed by atoms with Gasteiger partial charge >= 0.3 is 0 Å². The molecule has 110 valence electrons. The topological polar surface area (TPSA) is 81.2 Å². The largest absolute Gasteiger partial charge is 0.497 e. The third-order valence-electron chi connectivity index (χ3n) is 2.95. The Bertz CT molecular complexity index is 791. The molecule has 0 unspecified atom stereocenters. The third-order valence-corrected chi connectivity index (χ3v) is 3.82. The van der Waals surface area contributed by atoms with Gasteiger partial charge in [-0.3, -0.25) is 9.59 Å². The number of ketones is 2. The van der Waals surface area contributed by atoms with Crippen LogP contribution < -0.4 is 10.1 Å². The summed E-state index contributed by atoms with van der Waals surface area (Å²) >= 11 is 1.21. The Labute approximate surface area is 130 Å². The Morgan fingerprint density at radius 3 is 2.59 bits per heavy atom. The van der Waals surface area contributed by atoms with Crippen LogP contribution in [0.25, 0.3) is 5.57 Å². The van der Waals surface area contributed by atoms with Crippen molar-refractivity contribution in [2.75, 3.05) is 12.4 Å². The summed E-state index contributed by atoms with van der Waals surface area (Å²) in [6.07, 6.45) is 3.76. The molecule has 1 aliphatic carbocycles. The molecule has 7 heteroatoms. The maximum Gasteiger partial charge on any atom is 0.210 e. The molecule has 2 aromatic rings. The standard InChI is InChI=1S/C15H11N3O3S/c1-21-11-5-2-9(3-6-11)16-15-18-17-14(22-15)12-8-10(19)4-7-13(12)20/h2-8H,1H3,(H,16,18). The monoisotopic (exact) mass is 313 g/mol. The zero-order valence-corrected chi connectivity index (χ0v) is 12.4. The lowest BCUT2D eigenvalue weighted by Gasteiger charge is -2.03. The second-order valence-corrected chi connectivity index (χ2v) is 5.40. The average molecular weight is 313 g/mol. The minimum atomic E-state index is -0.244. The Hall–Kier alpha value is -2.80. The summed E-state index contributed by atoms with van der Waals surface area (Å²) in [6.45, 7) is 0. The van der Waals surface area contributed by atoms with Crippen molar-refractivity contribution in [2.24, 2.45) is 0 Å².